The number of aliphatic carboxylic acids is 1. The lowest BCUT2D eigenvalue weighted by atomic mass is 9.65. The van der Waals surface area contributed by atoms with Gasteiger partial charge in [-0.05, 0) is 69.0 Å². The van der Waals surface area contributed by atoms with Crippen molar-refractivity contribution in [3.63, 3.8) is 0 Å². The summed E-state index contributed by atoms with van der Waals surface area (Å²) in [6.07, 6.45) is 9.16. The molecule has 1 saturated heterocycles. The van der Waals surface area contributed by atoms with Gasteiger partial charge in [0, 0.05) is 24.7 Å². The summed E-state index contributed by atoms with van der Waals surface area (Å²) < 4.78 is 5.35. The SMILES string of the molecule is COc1ncccc1CN1CCC2(CCC(CC(=O)O)CC2)CC1. The van der Waals surface area contributed by atoms with Crippen LogP contribution in [0.25, 0.3) is 0 Å². The maximum absolute atomic E-state index is 10.9. The van der Waals surface area contributed by atoms with Crippen LogP contribution < -0.4 is 4.74 Å². The molecular formula is C19H28N2O3. The third-order valence-corrected chi connectivity index (χ3v) is 5.98. The predicted molar refractivity (Wildman–Crippen MR) is 91.9 cm³/mol. The minimum absolute atomic E-state index is 0.350. The molecule has 0 amide bonds. The van der Waals surface area contributed by atoms with Crippen molar-refractivity contribution in [2.75, 3.05) is 20.2 Å². The Balaban J connectivity index is 1.50. The van der Waals surface area contributed by atoms with Gasteiger partial charge in [0.1, 0.15) is 0 Å². The molecule has 24 heavy (non-hydrogen) atoms. The van der Waals surface area contributed by atoms with Crippen LogP contribution >= 0.6 is 0 Å². The molecule has 5 heteroatoms. The Morgan fingerprint density at radius 3 is 2.67 bits per heavy atom. The van der Waals surface area contributed by atoms with E-state index in [1.807, 2.05) is 6.07 Å². The van der Waals surface area contributed by atoms with Gasteiger partial charge in [0.2, 0.25) is 5.88 Å². The maximum atomic E-state index is 10.9. The minimum atomic E-state index is -0.642. The van der Waals surface area contributed by atoms with E-state index in [-0.39, 0.29) is 0 Å². The number of carbonyl (C=O) groups is 1. The van der Waals surface area contributed by atoms with Crippen molar-refractivity contribution < 1.29 is 14.6 Å². The first-order valence-corrected chi connectivity index (χ1v) is 9.02. The second-order valence-corrected chi connectivity index (χ2v) is 7.49. The van der Waals surface area contributed by atoms with Crippen molar-refractivity contribution in [1.82, 2.24) is 9.88 Å². The Morgan fingerprint density at radius 1 is 1.33 bits per heavy atom. The van der Waals surface area contributed by atoms with E-state index in [0.717, 1.165) is 43.9 Å². The molecule has 1 aliphatic carbocycles. The van der Waals surface area contributed by atoms with Crippen molar-refractivity contribution in [2.45, 2.75) is 51.5 Å². The van der Waals surface area contributed by atoms with Gasteiger partial charge in [-0.1, -0.05) is 6.07 Å². The topological polar surface area (TPSA) is 62.7 Å². The summed E-state index contributed by atoms with van der Waals surface area (Å²) in [6, 6.07) is 4.06. The van der Waals surface area contributed by atoms with Crippen LogP contribution in [0.4, 0.5) is 0 Å². The smallest absolute Gasteiger partial charge is 0.303 e. The standard InChI is InChI=1S/C19H28N2O3/c1-24-18-16(3-2-10-20-18)14-21-11-8-19(9-12-21)6-4-15(5-7-19)13-17(22)23/h2-3,10,15H,4-9,11-14H2,1H3,(H,22,23). The van der Waals surface area contributed by atoms with Gasteiger partial charge in [-0.25, -0.2) is 4.98 Å². The van der Waals surface area contributed by atoms with Crippen LogP contribution in [0.2, 0.25) is 0 Å². The Hall–Kier alpha value is -1.62. The molecule has 0 aromatic carbocycles. The highest BCUT2D eigenvalue weighted by molar-refractivity contribution is 5.67. The zero-order chi connectivity index (χ0) is 17.0. The molecule has 1 aromatic rings. The van der Waals surface area contributed by atoms with Crippen LogP contribution in [0.15, 0.2) is 18.3 Å². The number of rotatable bonds is 5. The number of likely N-dealkylation sites (tertiary alicyclic amines) is 1. The van der Waals surface area contributed by atoms with Gasteiger partial charge in [-0.15, -0.1) is 0 Å². The van der Waals surface area contributed by atoms with E-state index in [2.05, 4.69) is 16.0 Å². The fraction of sp³-hybridized carbons (Fsp3) is 0.684. The van der Waals surface area contributed by atoms with E-state index in [1.165, 1.54) is 25.7 Å². The summed E-state index contributed by atoms with van der Waals surface area (Å²) in [5.74, 6) is 0.481. The van der Waals surface area contributed by atoms with E-state index in [1.54, 1.807) is 13.3 Å². The lowest BCUT2D eigenvalue weighted by molar-refractivity contribution is -0.138. The molecule has 1 aliphatic heterocycles. The molecule has 1 aromatic heterocycles. The minimum Gasteiger partial charge on any atom is -0.481 e. The summed E-state index contributed by atoms with van der Waals surface area (Å²) in [5, 5.41) is 8.96. The van der Waals surface area contributed by atoms with Crippen molar-refractivity contribution in [3.05, 3.63) is 23.9 Å². The zero-order valence-electron chi connectivity index (χ0n) is 14.5. The number of hydrogen-bond donors (Lipinski definition) is 1. The maximum Gasteiger partial charge on any atom is 0.303 e. The first kappa shape index (κ1) is 17.2. The molecule has 2 aliphatic rings. The van der Waals surface area contributed by atoms with E-state index in [4.69, 9.17) is 9.84 Å². The molecule has 0 unspecified atom stereocenters. The molecule has 1 saturated carbocycles. The van der Waals surface area contributed by atoms with Crippen LogP contribution in [0.1, 0.15) is 50.5 Å². The first-order valence-electron chi connectivity index (χ1n) is 9.02. The first-order chi connectivity index (χ1) is 11.6. The molecule has 2 heterocycles. The third-order valence-electron chi connectivity index (χ3n) is 5.98. The highest BCUT2D eigenvalue weighted by Gasteiger charge is 2.38. The third kappa shape index (κ3) is 4.07. The second kappa shape index (κ2) is 7.51. The quantitative estimate of drug-likeness (QED) is 0.896. The number of ether oxygens (including phenoxy) is 1. The second-order valence-electron chi connectivity index (χ2n) is 7.49. The van der Waals surface area contributed by atoms with E-state index in [0.29, 0.717) is 17.8 Å². The number of nitrogens with zero attached hydrogens (tertiary/aromatic N) is 2. The average molecular weight is 332 g/mol. The molecule has 3 rings (SSSR count). The van der Waals surface area contributed by atoms with Gasteiger partial charge in [0.05, 0.1) is 7.11 Å². The lowest BCUT2D eigenvalue weighted by Crippen LogP contribution is -2.41. The van der Waals surface area contributed by atoms with Crippen molar-refractivity contribution in [3.8, 4) is 5.88 Å². The summed E-state index contributed by atoms with van der Waals surface area (Å²) in [4.78, 5) is 17.7. The van der Waals surface area contributed by atoms with Gasteiger partial charge in [-0.2, -0.15) is 0 Å². The van der Waals surface area contributed by atoms with Crippen LogP contribution in [0, 0.1) is 11.3 Å². The molecule has 2 fully saturated rings. The van der Waals surface area contributed by atoms with Crippen LogP contribution in [0.5, 0.6) is 5.88 Å². The summed E-state index contributed by atoms with van der Waals surface area (Å²) in [6.45, 7) is 3.12. The summed E-state index contributed by atoms with van der Waals surface area (Å²) in [7, 11) is 1.67. The average Bonchev–Trinajstić information content (AvgIpc) is 2.59. The van der Waals surface area contributed by atoms with Crippen molar-refractivity contribution in [2.24, 2.45) is 11.3 Å². The number of carboxylic acid groups (broad SMARTS) is 1. The van der Waals surface area contributed by atoms with Gasteiger partial charge in [0.15, 0.2) is 0 Å². The monoisotopic (exact) mass is 332 g/mol. The normalized spacial score (nSPS) is 21.7. The van der Waals surface area contributed by atoms with Crippen LogP contribution in [0.3, 0.4) is 0 Å². The Bertz CT molecular complexity index is 557. The number of pyridine rings is 1. The van der Waals surface area contributed by atoms with E-state index >= 15 is 0 Å². The van der Waals surface area contributed by atoms with Crippen LogP contribution in [-0.2, 0) is 11.3 Å². The molecular weight excluding hydrogens is 304 g/mol. The molecule has 1 spiro atoms. The molecule has 132 valence electrons. The van der Waals surface area contributed by atoms with Crippen LogP contribution in [-0.4, -0.2) is 41.2 Å². The Morgan fingerprint density at radius 2 is 2.04 bits per heavy atom. The van der Waals surface area contributed by atoms with Crippen molar-refractivity contribution in [1.29, 1.82) is 0 Å². The number of hydrogen-bond acceptors (Lipinski definition) is 4. The highest BCUT2D eigenvalue weighted by Crippen LogP contribution is 2.47. The number of aromatic nitrogens is 1. The largest absolute Gasteiger partial charge is 0.481 e. The predicted octanol–water partition coefficient (Wildman–Crippen LogP) is 3.34. The molecule has 5 nitrogen and oxygen atoms in total. The number of methoxy groups -OCH3 is 1. The lowest BCUT2D eigenvalue weighted by Gasteiger charge is -2.46. The number of carboxylic acids is 1. The van der Waals surface area contributed by atoms with E-state index in [9.17, 15) is 4.79 Å². The van der Waals surface area contributed by atoms with E-state index < -0.39 is 5.97 Å². The highest BCUT2D eigenvalue weighted by atomic mass is 16.5. The summed E-state index contributed by atoms with van der Waals surface area (Å²) >= 11 is 0. The van der Waals surface area contributed by atoms with Gasteiger partial charge in [-0.3, -0.25) is 9.69 Å². The zero-order valence-corrected chi connectivity index (χ0v) is 14.5. The fourth-order valence-corrected chi connectivity index (χ4v) is 4.40. The molecule has 0 atom stereocenters. The Kier molecular flexibility index (Phi) is 5.39. The number of piperidine rings is 1. The van der Waals surface area contributed by atoms with Gasteiger partial charge >= 0.3 is 5.97 Å². The Labute approximate surface area is 144 Å². The summed E-state index contributed by atoms with van der Waals surface area (Å²) in [5.41, 5.74) is 1.62. The van der Waals surface area contributed by atoms with Gasteiger partial charge < -0.3 is 9.84 Å². The van der Waals surface area contributed by atoms with Gasteiger partial charge in [0.25, 0.3) is 0 Å². The molecule has 1 N–H and O–H groups in total. The molecule has 0 bridgehead atoms. The fourth-order valence-electron chi connectivity index (χ4n) is 4.40. The molecule has 0 radical (unpaired) electrons. The van der Waals surface area contributed by atoms with Crippen molar-refractivity contribution >= 4 is 5.97 Å².